The first-order valence-corrected chi connectivity index (χ1v) is 9.21. The molecule has 2 saturated heterocycles. The maximum atomic E-state index is 13.3. The highest BCUT2D eigenvalue weighted by molar-refractivity contribution is 6.35. The Morgan fingerprint density at radius 2 is 1.93 bits per heavy atom. The Morgan fingerprint density at radius 3 is 2.59 bits per heavy atom. The van der Waals surface area contributed by atoms with Crippen molar-refractivity contribution in [1.29, 1.82) is 0 Å². The molecule has 1 atom stereocenters. The van der Waals surface area contributed by atoms with Gasteiger partial charge in [-0.1, -0.05) is 12.1 Å². The van der Waals surface area contributed by atoms with Crippen molar-refractivity contribution >= 4 is 17.6 Å². The van der Waals surface area contributed by atoms with E-state index in [1.165, 1.54) is 11.8 Å². The largest absolute Gasteiger partial charge is 0.493 e. The second-order valence-electron chi connectivity index (χ2n) is 7.30. The normalized spacial score (nSPS) is 22.3. The van der Waals surface area contributed by atoms with E-state index in [0.717, 1.165) is 18.4 Å². The summed E-state index contributed by atoms with van der Waals surface area (Å²) in [5, 5.41) is 0. The summed E-state index contributed by atoms with van der Waals surface area (Å²) in [5.74, 6) is 0.345. The summed E-state index contributed by atoms with van der Waals surface area (Å²) in [6.45, 7) is 3.16. The maximum absolute atomic E-state index is 13.3. The number of ether oxygens (including phenoxy) is 2. The Bertz CT molecular complexity index is 763. The summed E-state index contributed by atoms with van der Waals surface area (Å²) in [6, 6.07) is 5.63. The van der Waals surface area contributed by atoms with Crippen LogP contribution < -0.4 is 9.47 Å². The molecule has 0 unspecified atom stereocenters. The number of nitrogens with zero attached hydrogens (tertiary/aromatic N) is 2. The molecule has 2 aliphatic heterocycles. The smallest absolute Gasteiger partial charge is 0.289 e. The van der Waals surface area contributed by atoms with Crippen LogP contribution >= 0.6 is 0 Å². The predicted octanol–water partition coefficient (Wildman–Crippen LogP) is 1.63. The zero-order valence-electron chi connectivity index (χ0n) is 16.1. The number of hydrogen-bond donors (Lipinski definition) is 0. The maximum Gasteiger partial charge on any atom is 0.289 e. The number of piperidine rings is 1. The molecule has 0 aromatic heterocycles. The van der Waals surface area contributed by atoms with Gasteiger partial charge in [-0.3, -0.25) is 14.4 Å². The van der Waals surface area contributed by atoms with E-state index in [2.05, 4.69) is 0 Å². The van der Waals surface area contributed by atoms with Gasteiger partial charge in [0.05, 0.1) is 19.6 Å². The van der Waals surface area contributed by atoms with Crippen molar-refractivity contribution in [3.63, 3.8) is 0 Å². The molecule has 0 N–H and O–H groups in total. The number of carbonyl (C=O) groups excluding carboxylic acids is 3. The summed E-state index contributed by atoms with van der Waals surface area (Å²) in [7, 11) is 3.17. The number of hydrogen-bond acceptors (Lipinski definition) is 5. The van der Waals surface area contributed by atoms with Gasteiger partial charge in [-0.05, 0) is 25.3 Å². The molecule has 2 heterocycles. The molecule has 1 aromatic rings. The topological polar surface area (TPSA) is 76.2 Å². The van der Waals surface area contributed by atoms with Gasteiger partial charge in [-0.25, -0.2) is 0 Å². The number of methoxy groups -OCH3 is 2. The lowest BCUT2D eigenvalue weighted by Crippen LogP contribution is -2.50. The van der Waals surface area contributed by atoms with Crippen LogP contribution in [0.25, 0.3) is 0 Å². The van der Waals surface area contributed by atoms with Crippen molar-refractivity contribution < 1.29 is 23.9 Å². The Balaban J connectivity index is 1.79. The molecule has 1 aromatic carbocycles. The second kappa shape index (κ2) is 7.58. The van der Waals surface area contributed by atoms with E-state index in [1.54, 1.807) is 14.2 Å². The quantitative estimate of drug-likeness (QED) is 0.733. The van der Waals surface area contributed by atoms with Crippen molar-refractivity contribution in [1.82, 2.24) is 9.80 Å². The van der Waals surface area contributed by atoms with E-state index >= 15 is 0 Å². The van der Waals surface area contributed by atoms with Crippen LogP contribution in [0.1, 0.15) is 31.7 Å². The van der Waals surface area contributed by atoms with Gasteiger partial charge in [0, 0.05) is 38.7 Å². The SMILES string of the molecule is COc1cccc(CN2CCC[C@@]3(CCN(C(=O)C(C)=O)C3)C2=O)c1OC. The van der Waals surface area contributed by atoms with Gasteiger partial charge in [0.2, 0.25) is 11.7 Å². The van der Waals surface area contributed by atoms with E-state index in [0.29, 0.717) is 44.1 Å². The highest BCUT2D eigenvalue weighted by atomic mass is 16.5. The molecule has 2 aliphatic rings. The number of para-hydroxylation sites is 1. The number of Topliss-reactive ketones (excluding diaryl/α,β-unsaturated/α-hetero) is 1. The molecular formula is C20H26N2O5. The molecule has 146 valence electrons. The second-order valence-corrected chi connectivity index (χ2v) is 7.30. The van der Waals surface area contributed by atoms with Crippen LogP contribution in [0, 0.1) is 5.41 Å². The Kier molecular flexibility index (Phi) is 5.39. The van der Waals surface area contributed by atoms with Crippen LogP contribution in [0.5, 0.6) is 11.5 Å². The Hall–Kier alpha value is -2.57. The fraction of sp³-hybridized carbons (Fsp3) is 0.550. The van der Waals surface area contributed by atoms with Crippen LogP contribution in [0.3, 0.4) is 0 Å². The van der Waals surface area contributed by atoms with Crippen LogP contribution in [0.2, 0.25) is 0 Å². The Labute approximate surface area is 159 Å². The average Bonchev–Trinajstić information content (AvgIpc) is 3.09. The number of benzene rings is 1. The molecule has 0 saturated carbocycles. The lowest BCUT2D eigenvalue weighted by atomic mass is 9.78. The summed E-state index contributed by atoms with van der Waals surface area (Å²) in [6.07, 6.45) is 2.23. The van der Waals surface area contributed by atoms with Gasteiger partial charge in [-0.2, -0.15) is 0 Å². The fourth-order valence-corrected chi connectivity index (χ4v) is 4.23. The van der Waals surface area contributed by atoms with Gasteiger partial charge in [0.25, 0.3) is 5.91 Å². The van der Waals surface area contributed by atoms with Crippen LogP contribution in [-0.4, -0.2) is 61.3 Å². The minimum Gasteiger partial charge on any atom is -0.493 e. The highest BCUT2D eigenvalue weighted by Crippen LogP contribution is 2.41. The predicted molar refractivity (Wildman–Crippen MR) is 98.5 cm³/mol. The summed E-state index contributed by atoms with van der Waals surface area (Å²) < 4.78 is 10.8. The lowest BCUT2D eigenvalue weighted by Gasteiger charge is -2.39. The first-order chi connectivity index (χ1) is 12.9. The molecular weight excluding hydrogens is 348 g/mol. The number of likely N-dealkylation sites (tertiary alicyclic amines) is 2. The minimum atomic E-state index is -0.574. The number of amides is 2. The number of ketones is 1. The van der Waals surface area contributed by atoms with Crippen molar-refractivity contribution in [2.45, 2.75) is 32.7 Å². The summed E-state index contributed by atoms with van der Waals surface area (Å²) in [4.78, 5) is 40.1. The van der Waals surface area contributed by atoms with Crippen molar-refractivity contribution in [3.8, 4) is 11.5 Å². The van der Waals surface area contributed by atoms with E-state index < -0.39 is 17.1 Å². The standard InChI is InChI=1S/C20H26N2O5/c1-14(23)18(24)22-11-9-20(13-22)8-5-10-21(19(20)25)12-15-6-4-7-16(26-2)17(15)27-3/h4,6-7H,5,8-13H2,1-3H3/t20-/m0/s1. The molecule has 2 fully saturated rings. The van der Waals surface area contributed by atoms with E-state index in [1.807, 2.05) is 23.1 Å². The number of rotatable bonds is 5. The average molecular weight is 374 g/mol. The number of carbonyl (C=O) groups is 3. The minimum absolute atomic E-state index is 0.0532. The molecule has 3 rings (SSSR count). The van der Waals surface area contributed by atoms with Crippen molar-refractivity contribution in [2.24, 2.45) is 5.41 Å². The van der Waals surface area contributed by atoms with E-state index in [4.69, 9.17) is 9.47 Å². The zero-order valence-corrected chi connectivity index (χ0v) is 16.1. The first-order valence-electron chi connectivity index (χ1n) is 9.21. The van der Waals surface area contributed by atoms with Crippen molar-refractivity contribution in [2.75, 3.05) is 33.9 Å². The van der Waals surface area contributed by atoms with E-state index in [-0.39, 0.29) is 5.91 Å². The third kappa shape index (κ3) is 3.50. The third-order valence-electron chi connectivity index (χ3n) is 5.61. The molecule has 0 radical (unpaired) electrons. The zero-order chi connectivity index (χ0) is 19.6. The van der Waals surface area contributed by atoms with Gasteiger partial charge in [0.15, 0.2) is 11.5 Å². The first kappa shape index (κ1) is 19.2. The van der Waals surface area contributed by atoms with Crippen LogP contribution in [0.4, 0.5) is 0 Å². The van der Waals surface area contributed by atoms with Crippen LogP contribution in [0.15, 0.2) is 18.2 Å². The molecule has 1 spiro atoms. The molecule has 2 amide bonds. The molecule has 0 aliphatic carbocycles. The van der Waals surface area contributed by atoms with Gasteiger partial charge in [-0.15, -0.1) is 0 Å². The molecule has 7 heteroatoms. The molecule has 27 heavy (non-hydrogen) atoms. The summed E-state index contributed by atoms with van der Waals surface area (Å²) >= 11 is 0. The van der Waals surface area contributed by atoms with Gasteiger partial charge in [0.1, 0.15) is 0 Å². The fourth-order valence-electron chi connectivity index (χ4n) is 4.23. The molecule has 7 nitrogen and oxygen atoms in total. The summed E-state index contributed by atoms with van der Waals surface area (Å²) in [5.41, 5.74) is 0.312. The van der Waals surface area contributed by atoms with E-state index in [9.17, 15) is 14.4 Å². The Morgan fingerprint density at radius 1 is 1.15 bits per heavy atom. The highest BCUT2D eigenvalue weighted by Gasteiger charge is 2.49. The van der Waals surface area contributed by atoms with Crippen molar-refractivity contribution in [3.05, 3.63) is 23.8 Å². The lowest BCUT2D eigenvalue weighted by molar-refractivity contribution is -0.148. The van der Waals surface area contributed by atoms with Gasteiger partial charge >= 0.3 is 0 Å². The molecule has 0 bridgehead atoms. The van der Waals surface area contributed by atoms with Gasteiger partial charge < -0.3 is 19.3 Å². The monoisotopic (exact) mass is 374 g/mol. The third-order valence-corrected chi connectivity index (χ3v) is 5.61. The van der Waals surface area contributed by atoms with Crippen LogP contribution in [-0.2, 0) is 20.9 Å².